The van der Waals surface area contributed by atoms with E-state index in [1.807, 2.05) is 10.9 Å². The minimum Gasteiger partial charge on any atom is -0.380 e. The normalized spacial score (nSPS) is 12.9. The van der Waals surface area contributed by atoms with Gasteiger partial charge in [-0.25, -0.2) is 10.9 Å². The molecule has 0 saturated heterocycles. The molecule has 32 heavy (non-hydrogen) atoms. The summed E-state index contributed by atoms with van der Waals surface area (Å²) in [6, 6.07) is 10.6. The molecule has 2 aromatic rings. The first-order valence-corrected chi connectivity index (χ1v) is 8.70. The van der Waals surface area contributed by atoms with E-state index in [1.54, 1.807) is 0 Å². The van der Waals surface area contributed by atoms with Crippen LogP contribution in [0.15, 0.2) is 58.7 Å². The number of nitro groups is 2. The highest BCUT2D eigenvalue weighted by atomic mass is 16.6. The molecule has 0 spiro atoms. The van der Waals surface area contributed by atoms with Gasteiger partial charge in [-0.05, 0) is 0 Å². The van der Waals surface area contributed by atoms with Crippen LogP contribution in [0.25, 0.3) is 0 Å². The molecular formula is C18H16N6O8. The number of carbonyl (C=O) groups is 2. The van der Waals surface area contributed by atoms with E-state index in [-0.39, 0.29) is 22.5 Å². The lowest BCUT2D eigenvalue weighted by atomic mass is 10.2. The standard InChI is InChI=1S/C18H16N6O8/c25-15(17(27)21-19-9-11-3-1-5-13(7-11)23(29)30)16(26)18(28)22-20-10-12-4-2-6-14(8-12)24(31)32/h1-10,15-16,25-26H,(H,21,27)(H,22,28)/b19-9+,20-10+/t15-,16-/m1/s1. The number of rotatable bonds is 9. The number of nitro benzene ring substituents is 2. The lowest BCUT2D eigenvalue weighted by Crippen LogP contribution is -2.47. The van der Waals surface area contributed by atoms with E-state index < -0.39 is 33.9 Å². The Labute approximate surface area is 179 Å². The van der Waals surface area contributed by atoms with Gasteiger partial charge in [-0.2, -0.15) is 10.2 Å². The Kier molecular flexibility index (Phi) is 8.15. The molecule has 0 heterocycles. The number of nitrogens with zero attached hydrogens (tertiary/aromatic N) is 4. The number of nitrogens with one attached hydrogen (secondary N) is 2. The first-order valence-electron chi connectivity index (χ1n) is 8.70. The fraction of sp³-hybridized carbons (Fsp3) is 0.111. The van der Waals surface area contributed by atoms with Crippen molar-refractivity contribution < 1.29 is 29.6 Å². The minimum absolute atomic E-state index is 0.196. The second-order valence-electron chi connectivity index (χ2n) is 6.06. The molecule has 0 unspecified atom stereocenters. The summed E-state index contributed by atoms with van der Waals surface area (Å²) in [4.78, 5) is 43.9. The van der Waals surface area contributed by atoms with Gasteiger partial charge in [0.1, 0.15) is 0 Å². The number of hydrazone groups is 2. The third-order valence-corrected chi connectivity index (χ3v) is 3.78. The Morgan fingerprint density at radius 3 is 1.53 bits per heavy atom. The molecule has 14 nitrogen and oxygen atoms in total. The van der Waals surface area contributed by atoms with Crippen LogP contribution < -0.4 is 10.9 Å². The summed E-state index contributed by atoms with van der Waals surface area (Å²) in [7, 11) is 0. The highest BCUT2D eigenvalue weighted by Crippen LogP contribution is 2.12. The first kappa shape index (κ1) is 23.7. The summed E-state index contributed by atoms with van der Waals surface area (Å²) in [5.41, 5.74) is 3.93. The van der Waals surface area contributed by atoms with E-state index in [2.05, 4.69) is 10.2 Å². The van der Waals surface area contributed by atoms with Crippen molar-refractivity contribution in [2.75, 3.05) is 0 Å². The van der Waals surface area contributed by atoms with Crippen LogP contribution in [0, 0.1) is 20.2 Å². The van der Waals surface area contributed by atoms with Gasteiger partial charge in [0.2, 0.25) is 0 Å². The summed E-state index contributed by atoms with van der Waals surface area (Å²) in [5, 5.41) is 48.0. The number of hydrogen-bond donors (Lipinski definition) is 4. The van der Waals surface area contributed by atoms with Crippen LogP contribution in [0.3, 0.4) is 0 Å². The van der Waals surface area contributed by atoms with Crippen LogP contribution >= 0.6 is 0 Å². The van der Waals surface area contributed by atoms with Crippen molar-refractivity contribution in [3.8, 4) is 0 Å². The molecule has 14 heteroatoms. The number of aliphatic hydroxyl groups excluding tert-OH is 2. The molecule has 166 valence electrons. The van der Waals surface area contributed by atoms with Gasteiger partial charge in [-0.1, -0.05) is 24.3 Å². The summed E-state index contributed by atoms with van der Waals surface area (Å²) in [5.74, 6) is -2.45. The van der Waals surface area contributed by atoms with E-state index in [0.29, 0.717) is 0 Å². The van der Waals surface area contributed by atoms with E-state index in [1.165, 1.54) is 48.5 Å². The van der Waals surface area contributed by atoms with Gasteiger partial charge in [0.05, 0.1) is 22.3 Å². The number of hydrogen-bond acceptors (Lipinski definition) is 10. The summed E-state index contributed by atoms with van der Waals surface area (Å²) in [6.07, 6.45) is -2.28. The molecule has 2 atom stereocenters. The molecule has 0 aliphatic heterocycles. The Balaban J connectivity index is 1.89. The number of non-ortho nitro benzene ring substituents is 2. The van der Waals surface area contributed by atoms with Crippen LogP contribution in [0.2, 0.25) is 0 Å². The van der Waals surface area contributed by atoms with E-state index in [4.69, 9.17) is 0 Å². The summed E-state index contributed by atoms with van der Waals surface area (Å²) in [6.45, 7) is 0. The Bertz CT molecular complexity index is 1000. The maximum absolute atomic E-state index is 11.8. The molecule has 0 aliphatic carbocycles. The molecule has 2 rings (SSSR count). The van der Waals surface area contributed by atoms with E-state index in [0.717, 1.165) is 12.4 Å². The molecule has 0 saturated carbocycles. The first-order chi connectivity index (χ1) is 15.2. The molecule has 0 aliphatic rings. The SMILES string of the molecule is O=C(N/N=C/c1cccc([N+](=O)[O-])c1)[C@H](O)[C@@H](O)C(=O)N/N=C/c1cccc([N+](=O)[O-])c1. The van der Waals surface area contributed by atoms with Crippen LogP contribution in [0.1, 0.15) is 11.1 Å². The van der Waals surface area contributed by atoms with Gasteiger partial charge < -0.3 is 10.2 Å². The van der Waals surface area contributed by atoms with Gasteiger partial charge in [-0.15, -0.1) is 0 Å². The van der Waals surface area contributed by atoms with E-state index in [9.17, 15) is 40.0 Å². The maximum atomic E-state index is 11.8. The third-order valence-electron chi connectivity index (χ3n) is 3.78. The molecule has 0 radical (unpaired) electrons. The van der Waals surface area contributed by atoms with E-state index >= 15 is 0 Å². The van der Waals surface area contributed by atoms with Crippen molar-refractivity contribution in [1.29, 1.82) is 0 Å². The lowest BCUT2D eigenvalue weighted by molar-refractivity contribution is -0.385. The fourth-order valence-electron chi connectivity index (χ4n) is 2.20. The fourth-order valence-corrected chi connectivity index (χ4v) is 2.20. The second kappa shape index (κ2) is 11.0. The molecule has 2 aromatic carbocycles. The number of benzene rings is 2. The minimum atomic E-state index is -2.20. The molecule has 2 amide bonds. The molecule has 0 fully saturated rings. The zero-order valence-corrected chi connectivity index (χ0v) is 16.1. The molecule has 0 aromatic heterocycles. The zero-order chi connectivity index (χ0) is 23.7. The van der Waals surface area contributed by atoms with Crippen molar-refractivity contribution in [3.05, 3.63) is 79.9 Å². The van der Waals surface area contributed by atoms with Gasteiger partial charge in [-0.3, -0.25) is 29.8 Å². The topological polar surface area (TPSA) is 210 Å². The second-order valence-corrected chi connectivity index (χ2v) is 6.06. The van der Waals surface area contributed by atoms with Gasteiger partial charge in [0.25, 0.3) is 23.2 Å². The Hall–Kier alpha value is -4.56. The lowest BCUT2D eigenvalue weighted by Gasteiger charge is -2.14. The Morgan fingerprint density at radius 1 is 0.812 bits per heavy atom. The Morgan fingerprint density at radius 2 is 1.19 bits per heavy atom. The molecular weight excluding hydrogens is 428 g/mol. The predicted octanol–water partition coefficient (Wildman–Crippen LogP) is -0.175. The third kappa shape index (κ3) is 6.75. The number of aliphatic hydroxyl groups is 2. The largest absolute Gasteiger partial charge is 0.380 e. The van der Waals surface area contributed by atoms with Crippen LogP contribution in [-0.2, 0) is 9.59 Å². The quantitative estimate of drug-likeness (QED) is 0.231. The highest BCUT2D eigenvalue weighted by molar-refractivity contribution is 5.92. The van der Waals surface area contributed by atoms with Crippen molar-refractivity contribution in [3.63, 3.8) is 0 Å². The number of amides is 2. The van der Waals surface area contributed by atoms with Crippen molar-refractivity contribution >= 4 is 35.6 Å². The molecule has 0 bridgehead atoms. The van der Waals surface area contributed by atoms with Gasteiger partial charge >= 0.3 is 0 Å². The highest BCUT2D eigenvalue weighted by Gasteiger charge is 2.30. The zero-order valence-electron chi connectivity index (χ0n) is 16.1. The summed E-state index contributed by atoms with van der Waals surface area (Å²) < 4.78 is 0. The van der Waals surface area contributed by atoms with Crippen molar-refractivity contribution in [1.82, 2.24) is 10.9 Å². The molecule has 4 N–H and O–H groups in total. The van der Waals surface area contributed by atoms with Gasteiger partial charge in [0, 0.05) is 35.4 Å². The predicted molar refractivity (Wildman–Crippen MR) is 110 cm³/mol. The summed E-state index contributed by atoms with van der Waals surface area (Å²) >= 11 is 0. The number of carbonyl (C=O) groups excluding carboxylic acids is 2. The average Bonchev–Trinajstić information content (AvgIpc) is 2.78. The monoisotopic (exact) mass is 444 g/mol. The average molecular weight is 444 g/mol. The van der Waals surface area contributed by atoms with Gasteiger partial charge in [0.15, 0.2) is 12.2 Å². The van der Waals surface area contributed by atoms with Crippen LogP contribution in [0.4, 0.5) is 11.4 Å². The smallest absolute Gasteiger partial charge is 0.272 e. The maximum Gasteiger partial charge on any atom is 0.272 e. The van der Waals surface area contributed by atoms with Crippen LogP contribution in [0.5, 0.6) is 0 Å². The van der Waals surface area contributed by atoms with Crippen LogP contribution in [-0.4, -0.2) is 56.5 Å². The van der Waals surface area contributed by atoms with Crippen molar-refractivity contribution in [2.45, 2.75) is 12.2 Å². The van der Waals surface area contributed by atoms with Crippen molar-refractivity contribution in [2.24, 2.45) is 10.2 Å².